The number of hydrogen-bond donors (Lipinski definition) is 1. The molecule has 0 aromatic heterocycles. The van der Waals surface area contributed by atoms with E-state index in [-0.39, 0.29) is 24.9 Å². The van der Waals surface area contributed by atoms with Crippen molar-refractivity contribution in [3.63, 3.8) is 0 Å². The normalized spacial score (nSPS) is 27.7. The summed E-state index contributed by atoms with van der Waals surface area (Å²) in [5, 5.41) is 8.92. The highest BCUT2D eigenvalue weighted by Gasteiger charge is 2.32. The van der Waals surface area contributed by atoms with Gasteiger partial charge in [0.15, 0.2) is 6.29 Å². The zero-order valence-corrected chi connectivity index (χ0v) is 17.3. The second-order valence-electron chi connectivity index (χ2n) is 8.60. The van der Waals surface area contributed by atoms with Crippen LogP contribution in [0.5, 0.6) is 0 Å². The standard InChI is InChI=1S/C24H34F2O3/c1-2-3-4-19-15-28-24(29-16-19)20-9-7-17(8-10-20)5-6-18-13-22(25)21(11-12-27)23(26)14-18/h2,13-14,17,19-20,24,27H,1,3-12,15-16H2. The van der Waals surface area contributed by atoms with Crippen LogP contribution in [0.15, 0.2) is 24.8 Å². The Kier molecular flexibility index (Phi) is 8.64. The fourth-order valence-corrected chi connectivity index (χ4v) is 4.62. The maximum Gasteiger partial charge on any atom is 0.160 e. The van der Waals surface area contributed by atoms with Crippen LogP contribution in [0.4, 0.5) is 8.78 Å². The van der Waals surface area contributed by atoms with Gasteiger partial charge in [-0.25, -0.2) is 8.78 Å². The fraction of sp³-hybridized carbons (Fsp3) is 0.667. The molecule has 1 aromatic rings. The number of rotatable bonds is 9. The summed E-state index contributed by atoms with van der Waals surface area (Å²) in [5.74, 6) is 0.425. The Morgan fingerprint density at radius 3 is 2.21 bits per heavy atom. The number of aliphatic hydroxyl groups excluding tert-OH is 1. The van der Waals surface area contributed by atoms with E-state index in [9.17, 15) is 8.78 Å². The Labute approximate surface area is 173 Å². The molecule has 2 fully saturated rings. The zero-order valence-electron chi connectivity index (χ0n) is 17.3. The lowest BCUT2D eigenvalue weighted by Crippen LogP contribution is -2.38. The first-order valence-corrected chi connectivity index (χ1v) is 11.0. The second-order valence-corrected chi connectivity index (χ2v) is 8.60. The fourth-order valence-electron chi connectivity index (χ4n) is 4.62. The van der Waals surface area contributed by atoms with Crippen molar-refractivity contribution in [1.82, 2.24) is 0 Å². The summed E-state index contributed by atoms with van der Waals surface area (Å²) in [7, 11) is 0. The van der Waals surface area contributed by atoms with Gasteiger partial charge in [-0.3, -0.25) is 0 Å². The SMILES string of the molecule is C=CCCC1COC(C2CCC(CCc3cc(F)c(CCO)c(F)c3)CC2)OC1. The Hall–Kier alpha value is -1.30. The minimum absolute atomic E-state index is 0.0161. The highest BCUT2D eigenvalue weighted by atomic mass is 19.1. The van der Waals surface area contributed by atoms with E-state index in [2.05, 4.69) is 6.58 Å². The number of aryl methyl sites for hydroxylation is 1. The molecule has 1 aliphatic carbocycles. The largest absolute Gasteiger partial charge is 0.396 e. The van der Waals surface area contributed by atoms with Crippen molar-refractivity contribution in [3.8, 4) is 0 Å². The van der Waals surface area contributed by atoms with Crippen LogP contribution in [0, 0.1) is 29.4 Å². The molecule has 1 saturated carbocycles. The molecule has 2 aliphatic rings. The maximum absolute atomic E-state index is 14.0. The molecular formula is C24H34F2O3. The Bertz CT molecular complexity index is 625. The molecule has 29 heavy (non-hydrogen) atoms. The first-order chi connectivity index (χ1) is 14.1. The molecule has 3 nitrogen and oxygen atoms in total. The molecular weight excluding hydrogens is 374 g/mol. The van der Waals surface area contributed by atoms with Gasteiger partial charge in [-0.05, 0) is 75.0 Å². The Morgan fingerprint density at radius 1 is 0.966 bits per heavy atom. The average Bonchev–Trinajstić information content (AvgIpc) is 2.74. The topological polar surface area (TPSA) is 38.7 Å². The van der Waals surface area contributed by atoms with E-state index in [1.165, 1.54) is 12.1 Å². The van der Waals surface area contributed by atoms with Gasteiger partial charge in [0, 0.05) is 30.4 Å². The molecule has 1 N–H and O–H groups in total. The summed E-state index contributed by atoms with van der Waals surface area (Å²) in [4.78, 5) is 0. The highest BCUT2D eigenvalue weighted by Crippen LogP contribution is 2.36. The lowest BCUT2D eigenvalue weighted by molar-refractivity contribution is -0.229. The van der Waals surface area contributed by atoms with Crippen molar-refractivity contribution in [3.05, 3.63) is 47.5 Å². The van der Waals surface area contributed by atoms with Crippen LogP contribution in [-0.4, -0.2) is 31.2 Å². The lowest BCUT2D eigenvalue weighted by atomic mass is 9.79. The molecule has 0 spiro atoms. The molecule has 1 aromatic carbocycles. The van der Waals surface area contributed by atoms with Gasteiger partial charge >= 0.3 is 0 Å². The van der Waals surface area contributed by atoms with E-state index < -0.39 is 11.6 Å². The summed E-state index contributed by atoms with van der Waals surface area (Å²) >= 11 is 0. The van der Waals surface area contributed by atoms with Gasteiger partial charge in [0.1, 0.15) is 11.6 Å². The number of halogens is 2. The third-order valence-electron chi connectivity index (χ3n) is 6.45. The predicted octanol–water partition coefficient (Wildman–Crippen LogP) is 5.19. The van der Waals surface area contributed by atoms with E-state index in [0.29, 0.717) is 29.7 Å². The third-order valence-corrected chi connectivity index (χ3v) is 6.45. The van der Waals surface area contributed by atoms with Crippen molar-refractivity contribution in [1.29, 1.82) is 0 Å². The maximum atomic E-state index is 14.0. The molecule has 1 heterocycles. The number of allylic oxidation sites excluding steroid dienone is 1. The van der Waals surface area contributed by atoms with Crippen LogP contribution in [0.25, 0.3) is 0 Å². The van der Waals surface area contributed by atoms with E-state index >= 15 is 0 Å². The summed E-state index contributed by atoms with van der Waals surface area (Å²) in [6.45, 7) is 5.08. The molecule has 0 radical (unpaired) electrons. The molecule has 1 saturated heterocycles. The van der Waals surface area contributed by atoms with Crippen LogP contribution < -0.4 is 0 Å². The van der Waals surface area contributed by atoms with Crippen LogP contribution in [0.1, 0.15) is 56.1 Å². The van der Waals surface area contributed by atoms with Crippen LogP contribution in [0.3, 0.4) is 0 Å². The molecule has 162 valence electrons. The van der Waals surface area contributed by atoms with Crippen molar-refractivity contribution in [2.24, 2.45) is 17.8 Å². The molecule has 0 unspecified atom stereocenters. The summed E-state index contributed by atoms with van der Waals surface area (Å²) < 4.78 is 40.0. The summed E-state index contributed by atoms with van der Waals surface area (Å²) in [5.41, 5.74) is 0.685. The van der Waals surface area contributed by atoms with Crippen LogP contribution >= 0.6 is 0 Å². The highest BCUT2D eigenvalue weighted by molar-refractivity contribution is 5.26. The van der Waals surface area contributed by atoms with Gasteiger partial charge in [0.2, 0.25) is 0 Å². The van der Waals surface area contributed by atoms with Gasteiger partial charge in [-0.15, -0.1) is 6.58 Å². The van der Waals surface area contributed by atoms with Crippen molar-refractivity contribution in [2.45, 2.75) is 64.1 Å². The van der Waals surface area contributed by atoms with Gasteiger partial charge < -0.3 is 14.6 Å². The van der Waals surface area contributed by atoms with E-state index in [1.807, 2.05) is 6.08 Å². The van der Waals surface area contributed by atoms with Crippen molar-refractivity contribution < 1.29 is 23.4 Å². The number of benzene rings is 1. The predicted molar refractivity (Wildman–Crippen MR) is 110 cm³/mol. The first-order valence-electron chi connectivity index (χ1n) is 11.0. The van der Waals surface area contributed by atoms with E-state index in [0.717, 1.165) is 58.2 Å². The number of aliphatic hydroxyl groups is 1. The Balaban J connectivity index is 1.40. The Morgan fingerprint density at radius 2 is 1.62 bits per heavy atom. The van der Waals surface area contributed by atoms with E-state index in [1.54, 1.807) is 0 Å². The summed E-state index contributed by atoms with van der Waals surface area (Å²) in [6.07, 6.45) is 10.00. The van der Waals surface area contributed by atoms with Gasteiger partial charge in [-0.1, -0.05) is 6.08 Å². The van der Waals surface area contributed by atoms with Crippen molar-refractivity contribution in [2.75, 3.05) is 19.8 Å². The second kappa shape index (κ2) is 11.2. The monoisotopic (exact) mass is 408 g/mol. The molecule has 3 rings (SSSR count). The average molecular weight is 409 g/mol. The minimum Gasteiger partial charge on any atom is -0.396 e. The van der Waals surface area contributed by atoms with Gasteiger partial charge in [-0.2, -0.15) is 0 Å². The molecule has 0 amide bonds. The van der Waals surface area contributed by atoms with Gasteiger partial charge in [0.25, 0.3) is 0 Å². The van der Waals surface area contributed by atoms with Gasteiger partial charge in [0.05, 0.1) is 13.2 Å². The van der Waals surface area contributed by atoms with E-state index in [4.69, 9.17) is 14.6 Å². The molecule has 5 heteroatoms. The third kappa shape index (κ3) is 6.34. The number of ether oxygens (including phenoxy) is 2. The quantitative estimate of drug-likeness (QED) is 0.571. The van der Waals surface area contributed by atoms with Crippen LogP contribution in [-0.2, 0) is 22.3 Å². The summed E-state index contributed by atoms with van der Waals surface area (Å²) in [6, 6.07) is 2.85. The zero-order chi connectivity index (χ0) is 20.6. The smallest absolute Gasteiger partial charge is 0.160 e. The lowest BCUT2D eigenvalue weighted by Gasteiger charge is -2.37. The molecule has 1 aliphatic heterocycles. The molecule has 0 bridgehead atoms. The molecule has 0 atom stereocenters. The van der Waals surface area contributed by atoms with Crippen LogP contribution in [0.2, 0.25) is 0 Å². The van der Waals surface area contributed by atoms with Crippen molar-refractivity contribution >= 4 is 0 Å². The first kappa shape index (κ1) is 22.4. The minimum atomic E-state index is -0.546. The number of hydrogen-bond acceptors (Lipinski definition) is 3.